The Bertz CT molecular complexity index is 789. The second-order valence-electron chi connectivity index (χ2n) is 4.55. The molecule has 112 valence electrons. The Morgan fingerprint density at radius 2 is 1.77 bits per heavy atom. The van der Waals surface area contributed by atoms with Gasteiger partial charge < -0.3 is 5.73 Å². The highest BCUT2D eigenvalue weighted by Crippen LogP contribution is 2.29. The number of hydrogen-bond acceptors (Lipinski definition) is 4. The highest BCUT2D eigenvalue weighted by atomic mass is 35.5. The van der Waals surface area contributed by atoms with Crippen molar-refractivity contribution in [1.29, 1.82) is 0 Å². The summed E-state index contributed by atoms with van der Waals surface area (Å²) >= 11 is 13.5. The first-order chi connectivity index (χ1) is 10.6. The quantitative estimate of drug-likeness (QED) is 0.706. The third-order valence-corrected chi connectivity index (χ3v) is 4.76. The monoisotopic (exact) mass is 350 g/mol. The molecule has 3 aromatic rings. The van der Waals surface area contributed by atoms with Crippen LogP contribution >= 0.6 is 35.0 Å². The van der Waals surface area contributed by atoms with Gasteiger partial charge in [0.15, 0.2) is 5.16 Å². The van der Waals surface area contributed by atoms with Crippen molar-refractivity contribution < 1.29 is 0 Å². The minimum Gasteiger partial charge on any atom is -0.368 e. The van der Waals surface area contributed by atoms with Crippen molar-refractivity contribution in [1.82, 2.24) is 14.8 Å². The normalized spacial score (nSPS) is 10.8. The van der Waals surface area contributed by atoms with Crippen LogP contribution in [-0.2, 0) is 5.75 Å². The maximum atomic E-state index is 6.03. The lowest BCUT2D eigenvalue weighted by atomic mass is 10.2. The standard InChI is InChI=1S/C15H12Cl2N4S/c16-12-7-6-10(8-13(12)17)9-22-15-20-19-14(18)21(15)11-4-2-1-3-5-11/h1-8H,9H2,(H2,18,19). The van der Waals surface area contributed by atoms with Gasteiger partial charge in [0.05, 0.1) is 15.7 Å². The van der Waals surface area contributed by atoms with Crippen LogP contribution < -0.4 is 5.73 Å². The summed E-state index contributed by atoms with van der Waals surface area (Å²) in [6.07, 6.45) is 0. The third kappa shape index (κ3) is 3.21. The molecule has 0 aliphatic rings. The lowest BCUT2D eigenvalue weighted by Gasteiger charge is -2.08. The van der Waals surface area contributed by atoms with Gasteiger partial charge in [0.1, 0.15) is 0 Å². The molecule has 0 bridgehead atoms. The summed E-state index contributed by atoms with van der Waals surface area (Å²) in [5, 5.41) is 9.92. The molecule has 0 amide bonds. The van der Waals surface area contributed by atoms with Crippen LogP contribution in [0.3, 0.4) is 0 Å². The first-order valence-electron chi connectivity index (χ1n) is 6.48. The molecular formula is C15H12Cl2N4S. The number of rotatable bonds is 4. The summed E-state index contributed by atoms with van der Waals surface area (Å²) < 4.78 is 1.82. The topological polar surface area (TPSA) is 56.7 Å². The van der Waals surface area contributed by atoms with E-state index in [1.165, 1.54) is 11.8 Å². The van der Waals surface area contributed by atoms with E-state index in [-0.39, 0.29) is 0 Å². The average Bonchev–Trinajstić information content (AvgIpc) is 2.90. The van der Waals surface area contributed by atoms with E-state index in [0.717, 1.165) is 16.4 Å². The number of nitrogen functional groups attached to an aromatic ring is 1. The van der Waals surface area contributed by atoms with Crippen LogP contribution in [-0.4, -0.2) is 14.8 Å². The van der Waals surface area contributed by atoms with E-state index < -0.39 is 0 Å². The first kappa shape index (κ1) is 15.2. The molecule has 1 heterocycles. The Morgan fingerprint density at radius 3 is 2.50 bits per heavy atom. The molecule has 1 aromatic heterocycles. The number of aromatic nitrogens is 3. The number of nitrogens with two attached hydrogens (primary N) is 1. The lowest BCUT2D eigenvalue weighted by molar-refractivity contribution is 0.887. The summed E-state index contributed by atoms with van der Waals surface area (Å²) in [6, 6.07) is 15.3. The zero-order valence-electron chi connectivity index (χ0n) is 11.4. The first-order valence-corrected chi connectivity index (χ1v) is 8.22. The van der Waals surface area contributed by atoms with Crippen molar-refractivity contribution in [3.63, 3.8) is 0 Å². The Kier molecular flexibility index (Phi) is 4.57. The van der Waals surface area contributed by atoms with Gasteiger partial charge in [-0.1, -0.05) is 59.2 Å². The van der Waals surface area contributed by atoms with E-state index in [9.17, 15) is 0 Å². The number of para-hydroxylation sites is 1. The predicted molar refractivity (Wildman–Crippen MR) is 91.8 cm³/mol. The van der Waals surface area contributed by atoms with Crippen molar-refractivity contribution in [3.8, 4) is 5.69 Å². The van der Waals surface area contributed by atoms with Crippen LogP contribution in [0, 0.1) is 0 Å². The van der Waals surface area contributed by atoms with Crippen LogP contribution in [0.15, 0.2) is 53.7 Å². The van der Waals surface area contributed by atoms with Gasteiger partial charge >= 0.3 is 0 Å². The lowest BCUT2D eigenvalue weighted by Crippen LogP contribution is -2.01. The second-order valence-corrected chi connectivity index (χ2v) is 6.31. The van der Waals surface area contributed by atoms with Crippen LogP contribution in [0.25, 0.3) is 5.69 Å². The van der Waals surface area contributed by atoms with Crippen LogP contribution in [0.1, 0.15) is 5.56 Å². The van der Waals surface area contributed by atoms with Crippen LogP contribution in [0.4, 0.5) is 5.95 Å². The molecule has 2 aromatic carbocycles. The SMILES string of the molecule is Nc1nnc(SCc2ccc(Cl)c(Cl)c2)n1-c1ccccc1. The maximum absolute atomic E-state index is 6.03. The second kappa shape index (κ2) is 6.60. The van der Waals surface area contributed by atoms with Crippen molar-refractivity contribution in [2.24, 2.45) is 0 Å². The molecule has 0 radical (unpaired) electrons. The van der Waals surface area contributed by atoms with Crippen molar-refractivity contribution in [2.45, 2.75) is 10.9 Å². The van der Waals surface area contributed by atoms with E-state index in [0.29, 0.717) is 21.7 Å². The molecule has 2 N–H and O–H groups in total. The smallest absolute Gasteiger partial charge is 0.227 e. The summed E-state index contributed by atoms with van der Waals surface area (Å²) in [7, 11) is 0. The van der Waals surface area contributed by atoms with Crippen molar-refractivity contribution in [3.05, 3.63) is 64.1 Å². The fourth-order valence-electron chi connectivity index (χ4n) is 1.97. The van der Waals surface area contributed by atoms with Gasteiger partial charge in [-0.2, -0.15) is 0 Å². The average molecular weight is 351 g/mol. The summed E-state index contributed by atoms with van der Waals surface area (Å²) in [5.41, 5.74) is 7.91. The van der Waals surface area contributed by atoms with Gasteiger partial charge in [0.2, 0.25) is 5.95 Å². The molecule has 0 atom stereocenters. The molecule has 22 heavy (non-hydrogen) atoms. The molecule has 0 aliphatic carbocycles. The maximum Gasteiger partial charge on any atom is 0.227 e. The fourth-order valence-corrected chi connectivity index (χ4v) is 3.19. The Hall–Kier alpha value is -1.69. The molecule has 0 saturated carbocycles. The Labute approximate surface area is 142 Å². The number of hydrogen-bond donors (Lipinski definition) is 1. The van der Waals surface area contributed by atoms with Gasteiger partial charge in [-0.25, -0.2) is 0 Å². The molecule has 0 unspecified atom stereocenters. The van der Waals surface area contributed by atoms with Crippen molar-refractivity contribution >= 4 is 40.9 Å². The van der Waals surface area contributed by atoms with Crippen molar-refractivity contribution in [2.75, 3.05) is 5.73 Å². The highest BCUT2D eigenvalue weighted by molar-refractivity contribution is 7.98. The van der Waals surface area contributed by atoms with E-state index in [1.807, 2.05) is 47.0 Å². The molecule has 0 aliphatic heterocycles. The zero-order chi connectivity index (χ0) is 15.5. The molecule has 3 rings (SSSR count). The zero-order valence-corrected chi connectivity index (χ0v) is 13.7. The van der Waals surface area contributed by atoms with E-state index in [1.54, 1.807) is 6.07 Å². The van der Waals surface area contributed by atoms with Crippen LogP contribution in [0.2, 0.25) is 10.0 Å². The molecule has 0 spiro atoms. The predicted octanol–water partition coefficient (Wildman–Crippen LogP) is 4.45. The Morgan fingerprint density at radius 1 is 1.00 bits per heavy atom. The molecule has 0 fully saturated rings. The number of thioether (sulfide) groups is 1. The van der Waals surface area contributed by atoms with E-state index in [2.05, 4.69) is 10.2 Å². The fraction of sp³-hybridized carbons (Fsp3) is 0.0667. The van der Waals surface area contributed by atoms with Gasteiger partial charge in [-0.15, -0.1) is 10.2 Å². The number of halogens is 2. The third-order valence-electron chi connectivity index (χ3n) is 3.02. The van der Waals surface area contributed by atoms with Gasteiger partial charge in [0, 0.05) is 5.75 Å². The summed E-state index contributed by atoms with van der Waals surface area (Å²) in [5.74, 6) is 1.06. The number of benzene rings is 2. The van der Waals surface area contributed by atoms with Gasteiger partial charge in [-0.3, -0.25) is 4.57 Å². The van der Waals surface area contributed by atoms with Crippen LogP contribution in [0.5, 0.6) is 0 Å². The Balaban J connectivity index is 1.83. The highest BCUT2D eigenvalue weighted by Gasteiger charge is 2.12. The summed E-state index contributed by atoms with van der Waals surface area (Å²) in [4.78, 5) is 0. The van der Waals surface area contributed by atoms with Gasteiger partial charge in [-0.05, 0) is 29.8 Å². The summed E-state index contributed by atoms with van der Waals surface area (Å²) in [6.45, 7) is 0. The molecule has 0 saturated heterocycles. The minimum absolute atomic E-state index is 0.364. The molecular weight excluding hydrogens is 339 g/mol. The largest absolute Gasteiger partial charge is 0.368 e. The minimum atomic E-state index is 0.364. The van der Waals surface area contributed by atoms with E-state index in [4.69, 9.17) is 28.9 Å². The number of anilines is 1. The van der Waals surface area contributed by atoms with E-state index >= 15 is 0 Å². The molecule has 7 heteroatoms. The number of nitrogens with zero attached hydrogens (tertiary/aromatic N) is 3. The molecule has 4 nitrogen and oxygen atoms in total. The van der Waals surface area contributed by atoms with Gasteiger partial charge in [0.25, 0.3) is 0 Å².